The number of aromatic nitrogens is 2. The highest BCUT2D eigenvalue weighted by Crippen LogP contribution is 2.31. The molecule has 166 valence electrons. The van der Waals surface area contributed by atoms with Crippen LogP contribution in [0.2, 0.25) is 0 Å². The molecule has 1 amide bonds. The number of fused-ring (bicyclic) bond motifs is 1. The summed E-state index contributed by atoms with van der Waals surface area (Å²) in [7, 11) is -1.41. The standard InChI is InChI=1S/C20H29N3O4S3/c1-6-11(2)9-15-12(3)28-18-16(15)17(24)21-20(22-18)29-13(4)19(25)23(5)14-7-8-30(26,27)10-14/h11,13-14H,6-10H2,1-5H3,(H,21,22,24). The molecule has 1 aliphatic heterocycles. The van der Waals surface area contributed by atoms with E-state index in [1.165, 1.54) is 28.0 Å². The van der Waals surface area contributed by atoms with Gasteiger partial charge >= 0.3 is 0 Å². The van der Waals surface area contributed by atoms with Gasteiger partial charge in [0.2, 0.25) is 5.91 Å². The summed E-state index contributed by atoms with van der Waals surface area (Å²) in [5, 5.41) is 0.589. The summed E-state index contributed by atoms with van der Waals surface area (Å²) >= 11 is 2.72. The summed E-state index contributed by atoms with van der Waals surface area (Å²) in [6.07, 6.45) is 2.37. The van der Waals surface area contributed by atoms with Crippen LogP contribution in [0.4, 0.5) is 0 Å². The highest BCUT2D eigenvalue weighted by atomic mass is 32.2. The molecule has 3 rings (SSSR count). The molecule has 1 N–H and O–H groups in total. The number of thioether (sulfide) groups is 1. The van der Waals surface area contributed by atoms with Gasteiger partial charge in [-0.3, -0.25) is 9.59 Å². The Morgan fingerprint density at radius 2 is 2.10 bits per heavy atom. The molecular formula is C20H29N3O4S3. The largest absolute Gasteiger partial charge is 0.341 e. The van der Waals surface area contributed by atoms with Crippen LogP contribution >= 0.6 is 23.1 Å². The Hall–Kier alpha value is -1.39. The Labute approximate surface area is 185 Å². The van der Waals surface area contributed by atoms with Gasteiger partial charge in [-0.15, -0.1) is 11.3 Å². The number of sulfone groups is 1. The second-order valence-corrected chi connectivity index (χ2v) is 12.9. The quantitative estimate of drug-likeness (QED) is 0.492. The molecule has 7 nitrogen and oxygen atoms in total. The van der Waals surface area contributed by atoms with Crippen LogP contribution in [-0.4, -0.2) is 59.0 Å². The fraction of sp³-hybridized carbons (Fsp3) is 0.650. The number of H-pyrrole nitrogens is 1. The van der Waals surface area contributed by atoms with Crippen LogP contribution in [0.1, 0.15) is 44.1 Å². The lowest BCUT2D eigenvalue weighted by Crippen LogP contribution is -2.41. The van der Waals surface area contributed by atoms with Gasteiger partial charge in [0, 0.05) is 18.0 Å². The van der Waals surface area contributed by atoms with Gasteiger partial charge in [-0.1, -0.05) is 32.0 Å². The van der Waals surface area contributed by atoms with E-state index in [-0.39, 0.29) is 29.0 Å². The highest BCUT2D eigenvalue weighted by molar-refractivity contribution is 8.00. The molecule has 0 spiro atoms. The fourth-order valence-electron chi connectivity index (χ4n) is 3.72. The monoisotopic (exact) mass is 471 g/mol. The number of carbonyl (C=O) groups is 1. The molecule has 3 heterocycles. The molecule has 1 fully saturated rings. The molecule has 2 aromatic rings. The van der Waals surface area contributed by atoms with E-state index in [2.05, 4.69) is 23.8 Å². The van der Waals surface area contributed by atoms with Crippen molar-refractivity contribution in [2.45, 2.75) is 63.4 Å². The summed E-state index contributed by atoms with van der Waals surface area (Å²) in [4.78, 5) is 36.4. The van der Waals surface area contributed by atoms with E-state index in [0.717, 1.165) is 23.3 Å². The van der Waals surface area contributed by atoms with Crippen LogP contribution in [0.15, 0.2) is 9.95 Å². The smallest absolute Gasteiger partial charge is 0.260 e. The van der Waals surface area contributed by atoms with Crippen molar-refractivity contribution in [1.29, 1.82) is 0 Å². The number of aryl methyl sites for hydroxylation is 1. The summed E-state index contributed by atoms with van der Waals surface area (Å²) in [6.45, 7) is 8.09. The molecule has 30 heavy (non-hydrogen) atoms. The molecule has 1 aliphatic rings. The first-order chi connectivity index (χ1) is 14.0. The lowest BCUT2D eigenvalue weighted by Gasteiger charge is -2.26. The van der Waals surface area contributed by atoms with Gasteiger partial charge in [0.1, 0.15) is 4.83 Å². The maximum absolute atomic E-state index is 12.8. The third kappa shape index (κ3) is 4.91. The topological polar surface area (TPSA) is 100 Å². The van der Waals surface area contributed by atoms with Crippen molar-refractivity contribution in [3.8, 4) is 0 Å². The first-order valence-corrected chi connectivity index (χ1v) is 13.7. The molecular weight excluding hydrogens is 442 g/mol. The zero-order valence-corrected chi connectivity index (χ0v) is 20.5. The first kappa shape index (κ1) is 23.3. The SMILES string of the molecule is CCC(C)Cc1c(C)sc2nc(SC(C)C(=O)N(C)C3CCS(=O)(=O)C3)[nH]c(=O)c12. The van der Waals surface area contributed by atoms with Gasteiger partial charge in [0.25, 0.3) is 5.56 Å². The molecule has 2 aromatic heterocycles. The van der Waals surface area contributed by atoms with Crippen LogP contribution in [0.3, 0.4) is 0 Å². The van der Waals surface area contributed by atoms with E-state index in [1.54, 1.807) is 14.0 Å². The molecule has 0 radical (unpaired) electrons. The number of thiophene rings is 1. The Morgan fingerprint density at radius 3 is 2.70 bits per heavy atom. The molecule has 1 saturated heterocycles. The van der Waals surface area contributed by atoms with Crippen molar-refractivity contribution in [2.24, 2.45) is 5.92 Å². The van der Waals surface area contributed by atoms with E-state index in [0.29, 0.717) is 27.7 Å². The van der Waals surface area contributed by atoms with Crippen molar-refractivity contribution in [3.63, 3.8) is 0 Å². The van der Waals surface area contributed by atoms with Gasteiger partial charge in [-0.25, -0.2) is 13.4 Å². The average Bonchev–Trinajstić information content (AvgIpc) is 3.19. The first-order valence-electron chi connectivity index (χ1n) is 10.2. The van der Waals surface area contributed by atoms with Crippen LogP contribution < -0.4 is 5.56 Å². The predicted molar refractivity (Wildman–Crippen MR) is 123 cm³/mol. The normalized spacial score (nSPS) is 20.4. The number of amides is 1. The van der Waals surface area contributed by atoms with Crippen LogP contribution in [0.25, 0.3) is 10.2 Å². The summed E-state index contributed by atoms with van der Waals surface area (Å²) < 4.78 is 23.4. The van der Waals surface area contributed by atoms with E-state index < -0.39 is 15.1 Å². The zero-order valence-electron chi connectivity index (χ0n) is 18.0. The number of nitrogens with one attached hydrogen (secondary N) is 1. The summed E-state index contributed by atoms with van der Waals surface area (Å²) in [6, 6.07) is -0.289. The van der Waals surface area contributed by atoms with Crippen molar-refractivity contribution in [2.75, 3.05) is 18.6 Å². The number of hydrogen-bond donors (Lipinski definition) is 1. The van der Waals surface area contributed by atoms with Crippen molar-refractivity contribution in [1.82, 2.24) is 14.9 Å². The minimum absolute atomic E-state index is 0.0150. The van der Waals surface area contributed by atoms with Gasteiger partial charge < -0.3 is 9.88 Å². The number of aromatic amines is 1. The zero-order chi connectivity index (χ0) is 22.2. The van der Waals surface area contributed by atoms with Crippen LogP contribution in [0, 0.1) is 12.8 Å². The molecule has 0 saturated carbocycles. The lowest BCUT2D eigenvalue weighted by atomic mass is 9.98. The third-order valence-electron chi connectivity index (χ3n) is 5.83. The Morgan fingerprint density at radius 1 is 1.40 bits per heavy atom. The van der Waals surface area contributed by atoms with Crippen LogP contribution in [0.5, 0.6) is 0 Å². The second-order valence-electron chi connectivity index (χ2n) is 8.17. The summed E-state index contributed by atoms with van der Waals surface area (Å²) in [5.74, 6) is 0.465. The Bertz CT molecular complexity index is 1110. The van der Waals surface area contributed by atoms with Crippen LogP contribution in [-0.2, 0) is 21.1 Å². The molecule has 0 aliphatic carbocycles. The Balaban J connectivity index is 1.79. The molecule has 3 unspecified atom stereocenters. The van der Waals surface area contributed by atoms with Crippen molar-refractivity contribution >= 4 is 49.1 Å². The third-order valence-corrected chi connectivity index (χ3v) is 9.59. The van der Waals surface area contributed by atoms with Crippen molar-refractivity contribution in [3.05, 3.63) is 20.8 Å². The van der Waals surface area contributed by atoms with Gasteiger partial charge in [-0.2, -0.15) is 0 Å². The minimum Gasteiger partial charge on any atom is -0.341 e. The summed E-state index contributed by atoms with van der Waals surface area (Å²) in [5.41, 5.74) is 0.904. The predicted octanol–water partition coefficient (Wildman–Crippen LogP) is 3.01. The molecule has 3 atom stereocenters. The van der Waals surface area contributed by atoms with Gasteiger partial charge in [0.05, 0.1) is 22.1 Å². The second kappa shape index (κ2) is 9.00. The maximum Gasteiger partial charge on any atom is 0.260 e. The number of rotatable bonds is 7. The minimum atomic E-state index is -3.06. The molecule has 0 aromatic carbocycles. The van der Waals surface area contributed by atoms with Gasteiger partial charge in [-0.05, 0) is 38.2 Å². The number of carbonyl (C=O) groups excluding carboxylic acids is 1. The molecule has 0 bridgehead atoms. The Kier molecular flexibility index (Phi) is 6.98. The number of hydrogen-bond acceptors (Lipinski definition) is 7. The van der Waals surface area contributed by atoms with E-state index in [1.807, 2.05) is 6.92 Å². The lowest BCUT2D eigenvalue weighted by molar-refractivity contribution is -0.130. The van der Waals surface area contributed by atoms with Gasteiger partial charge in [0.15, 0.2) is 15.0 Å². The van der Waals surface area contributed by atoms with E-state index in [4.69, 9.17) is 0 Å². The van der Waals surface area contributed by atoms with Crippen molar-refractivity contribution < 1.29 is 13.2 Å². The average molecular weight is 472 g/mol. The molecule has 10 heteroatoms. The van der Waals surface area contributed by atoms with E-state index >= 15 is 0 Å². The fourth-order valence-corrected chi connectivity index (χ4v) is 7.50. The number of nitrogens with zero attached hydrogens (tertiary/aromatic N) is 2. The highest BCUT2D eigenvalue weighted by Gasteiger charge is 2.34. The maximum atomic E-state index is 12.8. The van der Waals surface area contributed by atoms with E-state index in [9.17, 15) is 18.0 Å².